The molecule has 1 N–H and O–H groups in total. The molecule has 1 aromatic heterocycles. The summed E-state index contributed by atoms with van der Waals surface area (Å²) >= 11 is 5.36. The van der Waals surface area contributed by atoms with Crippen molar-refractivity contribution in [2.24, 2.45) is 5.92 Å². The number of ether oxygens (including phenoxy) is 2. The minimum absolute atomic E-state index is 0.243. The van der Waals surface area contributed by atoms with Crippen molar-refractivity contribution in [3.8, 4) is 5.75 Å². The fraction of sp³-hybridized carbons (Fsp3) is 0.500. The van der Waals surface area contributed by atoms with Gasteiger partial charge in [0.25, 0.3) is 0 Å². The molecule has 0 unspecified atom stereocenters. The van der Waals surface area contributed by atoms with Crippen molar-refractivity contribution in [3.63, 3.8) is 0 Å². The van der Waals surface area contributed by atoms with E-state index in [2.05, 4.69) is 4.98 Å². The molecule has 0 saturated carbocycles. The molecule has 3 rings (SSSR count). The van der Waals surface area contributed by atoms with E-state index >= 15 is 0 Å². The van der Waals surface area contributed by atoms with Crippen LogP contribution >= 0.6 is 12.2 Å². The molecule has 20 heavy (non-hydrogen) atoms. The number of fused-ring (bicyclic) bond motifs is 1. The summed E-state index contributed by atoms with van der Waals surface area (Å²) in [5.74, 6) is 0.409. The lowest BCUT2D eigenvalue weighted by Gasteiger charge is -2.22. The van der Waals surface area contributed by atoms with Crippen molar-refractivity contribution in [1.29, 1.82) is 0 Å². The Morgan fingerprint density at radius 3 is 2.90 bits per heavy atom. The van der Waals surface area contributed by atoms with Gasteiger partial charge in [0.1, 0.15) is 0 Å². The Kier molecular flexibility index (Phi) is 3.76. The van der Waals surface area contributed by atoms with E-state index in [0.29, 0.717) is 16.2 Å². The number of hydrogen-bond donors (Lipinski definition) is 1. The zero-order chi connectivity index (χ0) is 14.1. The maximum atomic E-state index is 13.7. The third kappa shape index (κ3) is 2.45. The van der Waals surface area contributed by atoms with Crippen molar-refractivity contribution in [3.05, 3.63) is 22.7 Å². The molecule has 108 valence electrons. The molecular formula is C14H17FN2O2S. The van der Waals surface area contributed by atoms with E-state index in [1.807, 2.05) is 4.57 Å². The first kappa shape index (κ1) is 13.6. The summed E-state index contributed by atoms with van der Waals surface area (Å²) in [5, 5.41) is 0. The normalized spacial score (nSPS) is 16.7. The first-order valence-electron chi connectivity index (χ1n) is 6.73. The van der Waals surface area contributed by atoms with E-state index in [-0.39, 0.29) is 11.6 Å². The lowest BCUT2D eigenvalue weighted by Crippen LogP contribution is -2.20. The SMILES string of the molecule is COc1cc2c(cc1F)[nH]c(=S)n2CC1CCOCC1. The summed E-state index contributed by atoms with van der Waals surface area (Å²) < 4.78 is 26.8. The fourth-order valence-electron chi connectivity index (χ4n) is 2.68. The van der Waals surface area contributed by atoms with Crippen molar-refractivity contribution < 1.29 is 13.9 Å². The number of hydrogen-bond acceptors (Lipinski definition) is 3. The Hall–Kier alpha value is -1.40. The van der Waals surface area contributed by atoms with E-state index in [4.69, 9.17) is 21.7 Å². The molecule has 1 aliphatic rings. The number of imidazole rings is 1. The highest BCUT2D eigenvalue weighted by atomic mass is 32.1. The number of aromatic amines is 1. The van der Waals surface area contributed by atoms with Crippen LogP contribution in [-0.4, -0.2) is 29.9 Å². The number of methoxy groups -OCH3 is 1. The second-order valence-corrected chi connectivity index (χ2v) is 5.49. The van der Waals surface area contributed by atoms with Crippen molar-refractivity contribution >= 4 is 23.3 Å². The minimum Gasteiger partial charge on any atom is -0.494 e. The number of halogens is 1. The van der Waals surface area contributed by atoms with Crippen molar-refractivity contribution in [2.75, 3.05) is 20.3 Å². The Morgan fingerprint density at radius 2 is 2.20 bits per heavy atom. The number of aromatic nitrogens is 2. The molecule has 0 radical (unpaired) electrons. The van der Waals surface area contributed by atoms with Gasteiger partial charge in [0.05, 0.1) is 18.1 Å². The number of rotatable bonds is 3. The molecule has 0 amide bonds. The summed E-state index contributed by atoms with van der Waals surface area (Å²) in [6.07, 6.45) is 2.07. The van der Waals surface area contributed by atoms with E-state index in [9.17, 15) is 4.39 Å². The second-order valence-electron chi connectivity index (χ2n) is 5.10. The summed E-state index contributed by atoms with van der Waals surface area (Å²) in [6, 6.07) is 3.14. The average molecular weight is 296 g/mol. The lowest BCUT2D eigenvalue weighted by molar-refractivity contribution is 0.0615. The van der Waals surface area contributed by atoms with Gasteiger partial charge in [0, 0.05) is 31.9 Å². The van der Waals surface area contributed by atoms with E-state index < -0.39 is 0 Å². The molecule has 0 bridgehead atoms. The smallest absolute Gasteiger partial charge is 0.178 e. The molecule has 0 aliphatic carbocycles. The van der Waals surface area contributed by atoms with Crippen LogP contribution < -0.4 is 4.74 Å². The van der Waals surface area contributed by atoms with E-state index in [1.54, 1.807) is 6.07 Å². The van der Waals surface area contributed by atoms with Crippen LogP contribution in [-0.2, 0) is 11.3 Å². The zero-order valence-corrected chi connectivity index (χ0v) is 12.1. The highest BCUT2D eigenvalue weighted by molar-refractivity contribution is 7.71. The standard InChI is InChI=1S/C14H17FN2O2S/c1-18-13-7-12-11(6-10(13)15)16-14(20)17(12)8-9-2-4-19-5-3-9/h6-7,9H,2-5,8H2,1H3,(H,16,20). The molecule has 0 spiro atoms. The number of nitrogens with zero attached hydrogens (tertiary/aromatic N) is 1. The van der Waals surface area contributed by atoms with Crippen LogP contribution in [0.25, 0.3) is 11.0 Å². The van der Waals surface area contributed by atoms with Gasteiger partial charge in [-0.15, -0.1) is 0 Å². The van der Waals surface area contributed by atoms with Gasteiger partial charge in [-0.3, -0.25) is 0 Å². The third-order valence-corrected chi connectivity index (χ3v) is 4.15. The van der Waals surface area contributed by atoms with Gasteiger partial charge in [-0.2, -0.15) is 0 Å². The van der Waals surface area contributed by atoms with Crippen LogP contribution in [0.2, 0.25) is 0 Å². The topological polar surface area (TPSA) is 39.2 Å². The Labute approximate surface area is 121 Å². The third-order valence-electron chi connectivity index (χ3n) is 3.83. The Balaban J connectivity index is 2.00. The molecule has 1 aromatic carbocycles. The van der Waals surface area contributed by atoms with Crippen LogP contribution in [0.3, 0.4) is 0 Å². The Morgan fingerprint density at radius 1 is 1.45 bits per heavy atom. The van der Waals surface area contributed by atoms with Gasteiger partial charge in [-0.1, -0.05) is 0 Å². The van der Waals surface area contributed by atoms with E-state index in [1.165, 1.54) is 13.2 Å². The van der Waals surface area contributed by atoms with Crippen LogP contribution in [0.15, 0.2) is 12.1 Å². The van der Waals surface area contributed by atoms with Gasteiger partial charge in [-0.05, 0) is 31.0 Å². The van der Waals surface area contributed by atoms with Crippen molar-refractivity contribution in [1.82, 2.24) is 9.55 Å². The first-order chi connectivity index (χ1) is 9.69. The maximum Gasteiger partial charge on any atom is 0.178 e. The molecule has 2 aromatic rings. The van der Waals surface area contributed by atoms with Gasteiger partial charge >= 0.3 is 0 Å². The van der Waals surface area contributed by atoms with Crippen LogP contribution in [0.4, 0.5) is 4.39 Å². The van der Waals surface area contributed by atoms with Gasteiger partial charge in [-0.25, -0.2) is 4.39 Å². The highest BCUT2D eigenvalue weighted by Crippen LogP contribution is 2.26. The van der Waals surface area contributed by atoms with Crippen LogP contribution in [0, 0.1) is 16.5 Å². The van der Waals surface area contributed by atoms with Gasteiger partial charge in [0.2, 0.25) is 0 Å². The quantitative estimate of drug-likeness (QED) is 0.884. The molecule has 2 heterocycles. The number of H-pyrrole nitrogens is 1. The molecule has 4 nitrogen and oxygen atoms in total. The number of benzene rings is 1. The maximum absolute atomic E-state index is 13.7. The molecule has 1 saturated heterocycles. The minimum atomic E-state index is -0.380. The van der Waals surface area contributed by atoms with Crippen LogP contribution in [0.5, 0.6) is 5.75 Å². The summed E-state index contributed by atoms with van der Waals surface area (Å²) in [5.41, 5.74) is 1.60. The molecule has 1 aliphatic heterocycles. The lowest BCUT2D eigenvalue weighted by atomic mass is 10.0. The van der Waals surface area contributed by atoms with Crippen LogP contribution in [0.1, 0.15) is 12.8 Å². The summed E-state index contributed by atoms with van der Waals surface area (Å²) in [7, 11) is 1.47. The zero-order valence-electron chi connectivity index (χ0n) is 11.3. The Bertz CT molecular complexity index is 674. The summed E-state index contributed by atoms with van der Waals surface area (Å²) in [6.45, 7) is 2.44. The second kappa shape index (κ2) is 5.54. The molecular weight excluding hydrogens is 279 g/mol. The summed E-state index contributed by atoms with van der Waals surface area (Å²) in [4.78, 5) is 3.06. The largest absolute Gasteiger partial charge is 0.494 e. The number of nitrogens with one attached hydrogen (secondary N) is 1. The predicted molar refractivity (Wildman–Crippen MR) is 77.2 cm³/mol. The molecule has 0 atom stereocenters. The van der Waals surface area contributed by atoms with Crippen molar-refractivity contribution in [2.45, 2.75) is 19.4 Å². The molecule has 1 fully saturated rings. The monoisotopic (exact) mass is 296 g/mol. The average Bonchev–Trinajstić information content (AvgIpc) is 2.74. The highest BCUT2D eigenvalue weighted by Gasteiger charge is 2.17. The first-order valence-corrected chi connectivity index (χ1v) is 7.13. The van der Waals surface area contributed by atoms with Gasteiger partial charge < -0.3 is 19.0 Å². The fourth-order valence-corrected chi connectivity index (χ4v) is 2.97. The van der Waals surface area contributed by atoms with Gasteiger partial charge in [0.15, 0.2) is 16.3 Å². The predicted octanol–water partition coefficient (Wildman–Crippen LogP) is 3.27. The van der Waals surface area contributed by atoms with E-state index in [0.717, 1.165) is 38.1 Å². The molecule has 6 heteroatoms.